The van der Waals surface area contributed by atoms with Gasteiger partial charge in [0.15, 0.2) is 16.1 Å². The number of halogens is 1. The predicted molar refractivity (Wildman–Crippen MR) is 137 cm³/mol. The SMILES string of the molecule is CCCCCCCCC1CCC(c2ccc3c(c2)c(=S)oc2c(F)c(CC)ccc23)CC1. The largest absolute Gasteiger partial charge is 0.441 e. The van der Waals surface area contributed by atoms with Crippen LogP contribution in [0.5, 0.6) is 0 Å². The Morgan fingerprint density at radius 3 is 2.34 bits per heavy atom. The minimum atomic E-state index is -0.272. The van der Waals surface area contributed by atoms with Gasteiger partial charge in [0, 0.05) is 10.8 Å². The quantitative estimate of drug-likeness (QED) is 0.182. The average Bonchev–Trinajstić information content (AvgIpc) is 2.82. The maximum absolute atomic E-state index is 14.8. The molecule has 0 unspecified atom stereocenters. The molecule has 0 aliphatic heterocycles. The molecule has 2 aromatic carbocycles. The molecule has 32 heavy (non-hydrogen) atoms. The zero-order valence-corrected chi connectivity index (χ0v) is 20.5. The molecule has 1 fully saturated rings. The minimum absolute atomic E-state index is 0.272. The summed E-state index contributed by atoms with van der Waals surface area (Å²) in [7, 11) is 0. The fourth-order valence-electron chi connectivity index (χ4n) is 5.55. The van der Waals surface area contributed by atoms with Gasteiger partial charge in [-0.2, -0.15) is 0 Å². The van der Waals surface area contributed by atoms with Gasteiger partial charge in [-0.3, -0.25) is 0 Å². The van der Waals surface area contributed by atoms with E-state index in [0.29, 0.717) is 28.2 Å². The van der Waals surface area contributed by atoms with E-state index in [9.17, 15) is 4.39 Å². The van der Waals surface area contributed by atoms with Crippen LogP contribution < -0.4 is 0 Å². The summed E-state index contributed by atoms with van der Waals surface area (Å²) in [4.78, 5) is 0. The highest BCUT2D eigenvalue weighted by molar-refractivity contribution is 7.71. The first-order chi connectivity index (χ1) is 15.6. The summed E-state index contributed by atoms with van der Waals surface area (Å²) in [6, 6.07) is 10.4. The summed E-state index contributed by atoms with van der Waals surface area (Å²) in [5, 5.41) is 2.76. The molecule has 0 saturated heterocycles. The van der Waals surface area contributed by atoms with Gasteiger partial charge in [0.1, 0.15) is 0 Å². The molecule has 0 spiro atoms. The van der Waals surface area contributed by atoms with Crippen LogP contribution in [0.3, 0.4) is 0 Å². The maximum atomic E-state index is 14.8. The van der Waals surface area contributed by atoms with Gasteiger partial charge >= 0.3 is 0 Å². The van der Waals surface area contributed by atoms with Crippen molar-refractivity contribution in [3.8, 4) is 0 Å². The Morgan fingerprint density at radius 2 is 1.59 bits per heavy atom. The predicted octanol–water partition coefficient (Wildman–Crippen LogP) is 10.0. The number of aryl methyl sites for hydroxylation is 1. The van der Waals surface area contributed by atoms with Crippen molar-refractivity contribution in [3.05, 3.63) is 52.0 Å². The highest BCUT2D eigenvalue weighted by atomic mass is 32.1. The zero-order valence-electron chi connectivity index (χ0n) is 19.7. The van der Waals surface area contributed by atoms with Crippen LogP contribution >= 0.6 is 12.2 Å². The van der Waals surface area contributed by atoms with Crippen molar-refractivity contribution in [2.24, 2.45) is 5.92 Å². The van der Waals surface area contributed by atoms with Crippen LogP contribution in [0.25, 0.3) is 21.7 Å². The topological polar surface area (TPSA) is 13.1 Å². The number of rotatable bonds is 9. The minimum Gasteiger partial charge on any atom is -0.441 e. The third-order valence-corrected chi connectivity index (χ3v) is 7.89. The summed E-state index contributed by atoms with van der Waals surface area (Å²) >= 11 is 5.55. The van der Waals surface area contributed by atoms with Gasteiger partial charge in [-0.1, -0.05) is 83.1 Å². The number of hydrogen-bond acceptors (Lipinski definition) is 2. The Bertz CT molecular complexity index is 1110. The smallest absolute Gasteiger partial charge is 0.198 e. The van der Waals surface area contributed by atoms with Crippen molar-refractivity contribution >= 4 is 34.0 Å². The first-order valence-corrected chi connectivity index (χ1v) is 13.2. The molecule has 172 valence electrons. The number of benzene rings is 2. The Morgan fingerprint density at radius 1 is 0.875 bits per heavy atom. The van der Waals surface area contributed by atoms with E-state index < -0.39 is 0 Å². The molecule has 0 N–H and O–H groups in total. The van der Waals surface area contributed by atoms with Gasteiger partial charge in [-0.15, -0.1) is 0 Å². The summed E-state index contributed by atoms with van der Waals surface area (Å²) < 4.78 is 21.0. The lowest BCUT2D eigenvalue weighted by Gasteiger charge is -2.29. The third-order valence-electron chi connectivity index (χ3n) is 7.59. The highest BCUT2D eigenvalue weighted by Gasteiger charge is 2.23. The normalized spacial score (nSPS) is 19.1. The van der Waals surface area contributed by atoms with E-state index >= 15 is 0 Å². The van der Waals surface area contributed by atoms with E-state index in [1.54, 1.807) is 0 Å². The van der Waals surface area contributed by atoms with Gasteiger partial charge in [0.25, 0.3) is 0 Å². The Kier molecular flexibility index (Phi) is 7.99. The number of unbranched alkanes of at least 4 members (excludes halogenated alkanes) is 5. The van der Waals surface area contributed by atoms with Crippen LogP contribution in [-0.2, 0) is 6.42 Å². The van der Waals surface area contributed by atoms with E-state index in [4.69, 9.17) is 16.6 Å². The molecule has 1 saturated carbocycles. The Balaban J connectivity index is 1.44. The van der Waals surface area contributed by atoms with E-state index in [2.05, 4.69) is 25.1 Å². The molecule has 1 aliphatic carbocycles. The molecule has 1 nitrogen and oxygen atoms in total. The van der Waals surface area contributed by atoms with E-state index in [0.717, 1.165) is 22.1 Å². The van der Waals surface area contributed by atoms with Crippen molar-refractivity contribution < 1.29 is 8.81 Å². The van der Waals surface area contributed by atoms with Crippen molar-refractivity contribution in [3.63, 3.8) is 0 Å². The molecule has 0 amide bonds. The number of hydrogen-bond donors (Lipinski definition) is 0. The van der Waals surface area contributed by atoms with Crippen molar-refractivity contribution in [1.29, 1.82) is 0 Å². The average molecular weight is 453 g/mol. The fraction of sp³-hybridized carbons (Fsp3) is 0.552. The summed E-state index contributed by atoms with van der Waals surface area (Å²) in [5.74, 6) is 1.23. The van der Waals surface area contributed by atoms with Crippen molar-refractivity contribution in [2.75, 3.05) is 0 Å². The second-order valence-electron chi connectivity index (χ2n) is 9.74. The highest BCUT2D eigenvalue weighted by Crippen LogP contribution is 2.39. The molecule has 4 rings (SSSR count). The molecular weight excluding hydrogens is 415 g/mol. The first-order valence-electron chi connectivity index (χ1n) is 12.8. The molecule has 0 bridgehead atoms. The van der Waals surface area contributed by atoms with Crippen LogP contribution in [0.2, 0.25) is 0 Å². The summed E-state index contributed by atoms with van der Waals surface area (Å²) in [6.07, 6.45) is 15.6. The van der Waals surface area contributed by atoms with Crippen molar-refractivity contribution in [1.82, 2.24) is 0 Å². The van der Waals surface area contributed by atoms with Crippen LogP contribution in [0.15, 0.2) is 34.7 Å². The lowest BCUT2D eigenvalue weighted by Crippen LogP contribution is -2.13. The van der Waals surface area contributed by atoms with Gasteiger partial charge in [0.05, 0.1) is 0 Å². The molecule has 0 radical (unpaired) electrons. The summed E-state index contributed by atoms with van der Waals surface area (Å²) in [6.45, 7) is 4.23. The maximum Gasteiger partial charge on any atom is 0.198 e. The van der Waals surface area contributed by atoms with Gasteiger partial charge in [-0.25, -0.2) is 4.39 Å². The Labute approximate surface area is 197 Å². The van der Waals surface area contributed by atoms with E-state index in [1.165, 1.54) is 76.2 Å². The lowest BCUT2D eigenvalue weighted by atomic mass is 9.76. The van der Waals surface area contributed by atoms with Crippen molar-refractivity contribution in [2.45, 2.75) is 96.8 Å². The molecule has 1 aromatic heterocycles. The van der Waals surface area contributed by atoms with Crippen LogP contribution in [-0.4, -0.2) is 0 Å². The first kappa shape index (κ1) is 23.4. The fourth-order valence-corrected chi connectivity index (χ4v) is 5.80. The standard InChI is InChI=1S/C29H37FOS/c1-3-5-6-7-8-9-10-20-11-13-22(14-12-20)23-16-17-24-25-18-15-21(4-2)27(30)28(25)31-29(32)26(24)19-23/h15-20,22H,3-14H2,1-2H3. The molecular formula is C29H37FOS. The zero-order chi connectivity index (χ0) is 22.5. The van der Waals surface area contributed by atoms with Gasteiger partial charge in [0.2, 0.25) is 0 Å². The lowest BCUT2D eigenvalue weighted by molar-refractivity contribution is 0.302. The van der Waals surface area contributed by atoms with Crippen LogP contribution in [0.4, 0.5) is 4.39 Å². The third kappa shape index (κ3) is 5.09. The van der Waals surface area contributed by atoms with E-state index in [-0.39, 0.29) is 5.82 Å². The van der Waals surface area contributed by atoms with E-state index in [1.807, 2.05) is 19.1 Å². The second-order valence-corrected chi connectivity index (χ2v) is 10.1. The second kappa shape index (κ2) is 10.9. The monoisotopic (exact) mass is 452 g/mol. The Hall–Kier alpha value is -1.74. The molecule has 1 aliphatic rings. The number of fused-ring (bicyclic) bond motifs is 3. The molecule has 0 atom stereocenters. The molecule has 3 aromatic rings. The molecule has 1 heterocycles. The molecule has 3 heteroatoms. The van der Waals surface area contributed by atoms with Gasteiger partial charge < -0.3 is 4.42 Å². The van der Waals surface area contributed by atoms with Crippen LogP contribution in [0.1, 0.15) is 102 Å². The summed E-state index contributed by atoms with van der Waals surface area (Å²) in [5.41, 5.74) is 2.33. The van der Waals surface area contributed by atoms with Gasteiger partial charge in [-0.05, 0) is 78.7 Å². The van der Waals surface area contributed by atoms with Crippen LogP contribution in [0, 0.1) is 16.4 Å².